The number of hydrogen-bond acceptors (Lipinski definition) is 4. The van der Waals surface area contributed by atoms with Crippen LogP contribution in [0, 0.1) is 5.92 Å². The van der Waals surface area contributed by atoms with Crippen molar-refractivity contribution in [3.63, 3.8) is 0 Å². The Kier molecular flexibility index (Phi) is 3.33. The van der Waals surface area contributed by atoms with E-state index < -0.39 is 0 Å². The highest BCUT2D eigenvalue weighted by Crippen LogP contribution is 2.36. The van der Waals surface area contributed by atoms with Crippen molar-refractivity contribution in [3.05, 3.63) is 11.9 Å². The highest BCUT2D eigenvalue weighted by atomic mass is 15.4. The second-order valence-corrected chi connectivity index (χ2v) is 4.22. The maximum Gasteiger partial charge on any atom is 0.0772 e. The zero-order chi connectivity index (χ0) is 10.7. The molecule has 15 heavy (non-hydrogen) atoms. The van der Waals surface area contributed by atoms with Gasteiger partial charge in [0.25, 0.3) is 0 Å². The molecule has 0 spiro atoms. The van der Waals surface area contributed by atoms with Gasteiger partial charge in [-0.1, -0.05) is 18.6 Å². The quantitative estimate of drug-likeness (QED) is 0.560. The maximum atomic E-state index is 5.62. The van der Waals surface area contributed by atoms with Crippen LogP contribution < -0.4 is 11.3 Å². The molecule has 84 valence electrons. The number of aromatic nitrogens is 3. The van der Waals surface area contributed by atoms with Gasteiger partial charge < -0.3 is 0 Å². The smallest absolute Gasteiger partial charge is 0.0772 e. The third kappa shape index (κ3) is 2.03. The number of nitrogens with one attached hydrogen (secondary N) is 1. The Morgan fingerprint density at radius 1 is 1.67 bits per heavy atom. The Balaban J connectivity index is 2.13. The molecule has 0 amide bonds. The molecule has 1 heterocycles. The molecule has 2 rings (SSSR count). The minimum absolute atomic E-state index is 0.222. The summed E-state index contributed by atoms with van der Waals surface area (Å²) < 4.78 is 1.96. The molecular weight excluding hydrogens is 190 g/mol. The predicted molar refractivity (Wildman–Crippen MR) is 57.7 cm³/mol. The molecule has 0 aliphatic heterocycles. The van der Waals surface area contributed by atoms with E-state index in [4.69, 9.17) is 5.84 Å². The molecule has 1 aromatic heterocycles. The molecule has 5 nitrogen and oxygen atoms in total. The van der Waals surface area contributed by atoms with E-state index in [-0.39, 0.29) is 6.04 Å². The average molecular weight is 209 g/mol. The van der Waals surface area contributed by atoms with E-state index in [1.54, 1.807) is 0 Å². The summed E-state index contributed by atoms with van der Waals surface area (Å²) in [5, 5.41) is 8.05. The zero-order valence-corrected chi connectivity index (χ0v) is 9.19. The molecule has 1 atom stereocenters. The third-order valence-corrected chi connectivity index (χ3v) is 3.20. The highest BCUT2D eigenvalue weighted by Gasteiger charge is 2.30. The van der Waals surface area contributed by atoms with Crippen LogP contribution in [-0.4, -0.2) is 15.0 Å². The molecule has 5 heteroatoms. The summed E-state index contributed by atoms with van der Waals surface area (Å²) in [6.07, 6.45) is 6.73. The van der Waals surface area contributed by atoms with Crippen LogP contribution in [0.3, 0.4) is 0 Å². The second kappa shape index (κ2) is 4.72. The first kappa shape index (κ1) is 10.6. The minimum Gasteiger partial charge on any atom is -0.271 e. The molecule has 1 saturated carbocycles. The van der Waals surface area contributed by atoms with Crippen molar-refractivity contribution >= 4 is 0 Å². The van der Waals surface area contributed by atoms with Crippen LogP contribution in [0.1, 0.15) is 44.3 Å². The topological polar surface area (TPSA) is 68.8 Å². The van der Waals surface area contributed by atoms with E-state index in [1.165, 1.54) is 19.3 Å². The molecule has 1 aliphatic carbocycles. The van der Waals surface area contributed by atoms with E-state index in [1.807, 2.05) is 10.9 Å². The Labute approximate surface area is 90.0 Å². The maximum absolute atomic E-state index is 5.62. The fourth-order valence-corrected chi connectivity index (χ4v) is 2.13. The Morgan fingerprint density at radius 2 is 2.47 bits per heavy atom. The van der Waals surface area contributed by atoms with Gasteiger partial charge in [-0.15, -0.1) is 5.10 Å². The number of hydrogen-bond donors (Lipinski definition) is 2. The summed E-state index contributed by atoms with van der Waals surface area (Å²) in [6, 6.07) is 0.222. The summed E-state index contributed by atoms with van der Waals surface area (Å²) >= 11 is 0. The van der Waals surface area contributed by atoms with E-state index >= 15 is 0 Å². The van der Waals surface area contributed by atoms with Gasteiger partial charge >= 0.3 is 0 Å². The monoisotopic (exact) mass is 209 g/mol. The molecule has 1 fully saturated rings. The number of aryl methyl sites for hydroxylation is 1. The first-order valence-corrected chi connectivity index (χ1v) is 5.71. The third-order valence-electron chi connectivity index (χ3n) is 3.20. The van der Waals surface area contributed by atoms with Crippen molar-refractivity contribution in [3.8, 4) is 0 Å². The molecule has 1 unspecified atom stereocenters. The number of rotatable bonds is 5. The normalized spacial score (nSPS) is 18.8. The lowest BCUT2D eigenvalue weighted by Gasteiger charge is -2.33. The van der Waals surface area contributed by atoms with E-state index in [0.717, 1.165) is 18.7 Å². The first-order chi connectivity index (χ1) is 7.36. The van der Waals surface area contributed by atoms with Crippen LogP contribution in [0.4, 0.5) is 0 Å². The highest BCUT2D eigenvalue weighted by molar-refractivity contribution is 5.05. The largest absolute Gasteiger partial charge is 0.271 e. The summed E-state index contributed by atoms with van der Waals surface area (Å²) in [6.45, 7) is 3.06. The van der Waals surface area contributed by atoms with Crippen molar-refractivity contribution < 1.29 is 0 Å². The standard InChI is InChI=1S/C10H19N5/c1-2-6-15-9(7-12-14-15)10(13-11)8-4-3-5-8/h7-8,10,13H,2-6,11H2,1H3. The van der Waals surface area contributed by atoms with Crippen LogP contribution in [0.5, 0.6) is 0 Å². The van der Waals surface area contributed by atoms with E-state index in [9.17, 15) is 0 Å². The van der Waals surface area contributed by atoms with Gasteiger partial charge in [0.05, 0.1) is 17.9 Å². The molecule has 0 radical (unpaired) electrons. The summed E-state index contributed by atoms with van der Waals surface area (Å²) in [5.41, 5.74) is 4.03. The number of nitrogens with zero attached hydrogens (tertiary/aromatic N) is 3. The van der Waals surface area contributed by atoms with Gasteiger partial charge in [0, 0.05) is 6.54 Å². The Hall–Kier alpha value is -0.940. The molecule has 0 saturated heterocycles. The van der Waals surface area contributed by atoms with Crippen LogP contribution in [0.2, 0.25) is 0 Å². The van der Waals surface area contributed by atoms with Crippen LogP contribution in [0.25, 0.3) is 0 Å². The fraction of sp³-hybridized carbons (Fsp3) is 0.800. The van der Waals surface area contributed by atoms with Gasteiger partial charge in [-0.2, -0.15) is 0 Å². The van der Waals surface area contributed by atoms with Crippen molar-refractivity contribution in [2.24, 2.45) is 11.8 Å². The van der Waals surface area contributed by atoms with E-state index in [2.05, 4.69) is 22.7 Å². The number of nitrogens with two attached hydrogens (primary N) is 1. The Morgan fingerprint density at radius 3 is 3.00 bits per heavy atom. The second-order valence-electron chi connectivity index (χ2n) is 4.22. The lowest BCUT2D eigenvalue weighted by atomic mass is 9.79. The predicted octanol–water partition coefficient (Wildman–Crippen LogP) is 0.993. The molecule has 3 N–H and O–H groups in total. The van der Waals surface area contributed by atoms with Gasteiger partial charge in [-0.05, 0) is 25.2 Å². The van der Waals surface area contributed by atoms with Crippen LogP contribution >= 0.6 is 0 Å². The van der Waals surface area contributed by atoms with Gasteiger partial charge in [-0.3, -0.25) is 11.3 Å². The van der Waals surface area contributed by atoms with Crippen LogP contribution in [-0.2, 0) is 6.54 Å². The molecule has 1 aromatic rings. The van der Waals surface area contributed by atoms with Gasteiger partial charge in [0.1, 0.15) is 0 Å². The van der Waals surface area contributed by atoms with E-state index in [0.29, 0.717) is 5.92 Å². The first-order valence-electron chi connectivity index (χ1n) is 5.71. The van der Waals surface area contributed by atoms with Gasteiger partial charge in [0.2, 0.25) is 0 Å². The minimum atomic E-state index is 0.222. The molecular formula is C10H19N5. The Bertz CT molecular complexity index is 305. The van der Waals surface area contributed by atoms with Crippen molar-refractivity contribution in [2.45, 2.75) is 45.2 Å². The summed E-state index contributed by atoms with van der Waals surface area (Å²) in [5.74, 6) is 6.28. The average Bonchev–Trinajstić information content (AvgIpc) is 2.60. The van der Waals surface area contributed by atoms with Gasteiger partial charge in [-0.25, -0.2) is 4.68 Å². The summed E-state index contributed by atoms with van der Waals surface area (Å²) in [7, 11) is 0. The lowest BCUT2D eigenvalue weighted by molar-refractivity contribution is 0.222. The van der Waals surface area contributed by atoms with Gasteiger partial charge in [0.15, 0.2) is 0 Å². The zero-order valence-electron chi connectivity index (χ0n) is 9.19. The number of hydrazine groups is 1. The summed E-state index contributed by atoms with van der Waals surface area (Å²) in [4.78, 5) is 0. The lowest BCUT2D eigenvalue weighted by Crippen LogP contribution is -2.37. The van der Waals surface area contributed by atoms with Crippen molar-refractivity contribution in [1.82, 2.24) is 20.4 Å². The fourth-order valence-electron chi connectivity index (χ4n) is 2.13. The SMILES string of the molecule is CCCn1nncc1C(NN)C1CCC1. The van der Waals surface area contributed by atoms with Crippen LogP contribution in [0.15, 0.2) is 6.20 Å². The van der Waals surface area contributed by atoms with Crippen molar-refractivity contribution in [2.75, 3.05) is 0 Å². The molecule has 0 aromatic carbocycles. The molecule has 1 aliphatic rings. The van der Waals surface area contributed by atoms with Crippen molar-refractivity contribution in [1.29, 1.82) is 0 Å². The molecule has 0 bridgehead atoms.